The molecule has 2 N–H and O–H groups in total. The molecule has 0 bridgehead atoms. The molecule has 0 unspecified atom stereocenters. The molecule has 2 rings (SSSR count). The van der Waals surface area contributed by atoms with E-state index in [-0.39, 0.29) is 12.5 Å². The number of hydrogen-bond donors (Lipinski definition) is 2. The Hall–Kier alpha value is -0.870. The minimum atomic E-state index is -0.409. The first-order valence-corrected chi connectivity index (χ1v) is 8.34. The van der Waals surface area contributed by atoms with Crippen molar-refractivity contribution in [1.82, 2.24) is 5.32 Å². The predicted molar refractivity (Wildman–Crippen MR) is 83.3 cm³/mol. The van der Waals surface area contributed by atoms with Crippen LogP contribution in [-0.4, -0.2) is 23.2 Å². The van der Waals surface area contributed by atoms with Gasteiger partial charge < -0.3 is 10.4 Å². The second kappa shape index (κ2) is 6.27. The number of aryl methyl sites for hydroxylation is 2. The molecule has 0 saturated heterocycles. The average molecular weight is 295 g/mol. The van der Waals surface area contributed by atoms with Crippen molar-refractivity contribution in [2.75, 3.05) is 6.61 Å². The largest absolute Gasteiger partial charge is 0.394 e. The minimum Gasteiger partial charge on any atom is -0.394 e. The maximum atomic E-state index is 12.4. The van der Waals surface area contributed by atoms with E-state index in [1.807, 2.05) is 6.07 Å². The summed E-state index contributed by atoms with van der Waals surface area (Å²) in [5.74, 6) is 0.670. The zero-order valence-corrected chi connectivity index (χ0v) is 13.5. The highest BCUT2D eigenvalue weighted by atomic mass is 32.1. The molecule has 0 radical (unpaired) electrons. The number of hydrogen-bond acceptors (Lipinski definition) is 3. The first kappa shape index (κ1) is 15.5. The number of aliphatic hydroxyl groups excluding tert-OH is 1. The molecule has 0 aliphatic heterocycles. The van der Waals surface area contributed by atoms with Crippen molar-refractivity contribution in [3.63, 3.8) is 0 Å². The first-order chi connectivity index (χ1) is 9.49. The summed E-state index contributed by atoms with van der Waals surface area (Å²) >= 11 is 1.57. The highest BCUT2D eigenvalue weighted by Crippen LogP contribution is 2.32. The third-order valence-corrected chi connectivity index (χ3v) is 5.86. The van der Waals surface area contributed by atoms with Gasteiger partial charge in [0, 0.05) is 4.88 Å². The van der Waals surface area contributed by atoms with E-state index < -0.39 is 5.54 Å². The maximum Gasteiger partial charge on any atom is 0.261 e. The topological polar surface area (TPSA) is 49.3 Å². The zero-order valence-electron chi connectivity index (χ0n) is 12.7. The Kier molecular flexibility index (Phi) is 4.86. The van der Waals surface area contributed by atoms with Crippen LogP contribution in [0.3, 0.4) is 0 Å². The summed E-state index contributed by atoms with van der Waals surface area (Å²) in [6.07, 6.45) is 4.87. The van der Waals surface area contributed by atoms with Crippen LogP contribution < -0.4 is 5.32 Å². The fraction of sp³-hybridized carbons (Fsp3) is 0.688. The second-order valence-electron chi connectivity index (χ2n) is 6.15. The van der Waals surface area contributed by atoms with E-state index in [9.17, 15) is 9.90 Å². The number of aliphatic hydroxyl groups is 1. The summed E-state index contributed by atoms with van der Waals surface area (Å²) < 4.78 is 0. The molecule has 1 saturated carbocycles. The van der Waals surface area contributed by atoms with Gasteiger partial charge in [0.2, 0.25) is 0 Å². The lowest BCUT2D eigenvalue weighted by molar-refractivity contribution is 0.0720. The summed E-state index contributed by atoms with van der Waals surface area (Å²) in [5.41, 5.74) is 0.784. The summed E-state index contributed by atoms with van der Waals surface area (Å²) in [6.45, 7) is 6.43. The molecule has 112 valence electrons. The molecular weight excluding hydrogens is 270 g/mol. The number of carbonyl (C=O) groups excluding carboxylic acids is 1. The van der Waals surface area contributed by atoms with Gasteiger partial charge in [-0.05, 0) is 56.6 Å². The van der Waals surface area contributed by atoms with Crippen LogP contribution in [0.2, 0.25) is 0 Å². The Balaban J connectivity index is 2.09. The molecule has 1 aromatic heterocycles. The van der Waals surface area contributed by atoms with E-state index in [0.717, 1.165) is 37.0 Å². The molecule has 20 heavy (non-hydrogen) atoms. The molecular formula is C16H25NO2S. The number of carbonyl (C=O) groups is 1. The highest BCUT2D eigenvalue weighted by Gasteiger charge is 2.35. The van der Waals surface area contributed by atoms with Gasteiger partial charge in [-0.3, -0.25) is 4.79 Å². The van der Waals surface area contributed by atoms with Crippen molar-refractivity contribution in [2.45, 2.75) is 58.4 Å². The van der Waals surface area contributed by atoms with Crippen LogP contribution in [0.4, 0.5) is 0 Å². The Bertz CT molecular complexity index is 473. The molecule has 1 aromatic rings. The van der Waals surface area contributed by atoms with E-state index in [1.165, 1.54) is 10.4 Å². The van der Waals surface area contributed by atoms with Gasteiger partial charge in [0.15, 0.2) is 0 Å². The lowest BCUT2D eigenvalue weighted by atomic mass is 9.77. The Labute approximate surface area is 125 Å². The normalized spacial score (nSPS) is 26.5. The van der Waals surface area contributed by atoms with Gasteiger partial charge in [-0.15, -0.1) is 11.3 Å². The summed E-state index contributed by atoms with van der Waals surface area (Å²) in [5, 5.41) is 12.8. The van der Waals surface area contributed by atoms with Gasteiger partial charge in [0.1, 0.15) is 0 Å². The highest BCUT2D eigenvalue weighted by molar-refractivity contribution is 7.14. The molecule has 0 spiro atoms. The van der Waals surface area contributed by atoms with E-state index in [4.69, 9.17) is 0 Å². The molecule has 1 aliphatic rings. The second-order valence-corrected chi connectivity index (χ2v) is 7.28. The van der Waals surface area contributed by atoms with Crippen molar-refractivity contribution in [3.05, 3.63) is 21.4 Å². The first-order valence-electron chi connectivity index (χ1n) is 7.52. The Morgan fingerprint density at radius 1 is 1.50 bits per heavy atom. The number of nitrogens with one attached hydrogen (secondary N) is 1. The number of amides is 1. The fourth-order valence-electron chi connectivity index (χ4n) is 2.92. The van der Waals surface area contributed by atoms with E-state index >= 15 is 0 Å². The minimum absolute atomic E-state index is 0.0265. The summed E-state index contributed by atoms with van der Waals surface area (Å²) in [6, 6.07) is 1.97. The third-order valence-electron chi connectivity index (χ3n) is 4.48. The lowest BCUT2D eigenvalue weighted by Gasteiger charge is -2.38. The van der Waals surface area contributed by atoms with E-state index in [0.29, 0.717) is 5.92 Å². The molecule has 1 heterocycles. The number of thiophene rings is 1. The van der Waals surface area contributed by atoms with Crippen molar-refractivity contribution in [3.8, 4) is 0 Å². The van der Waals surface area contributed by atoms with Crippen molar-refractivity contribution >= 4 is 17.2 Å². The van der Waals surface area contributed by atoms with Crippen LogP contribution in [0.1, 0.15) is 59.6 Å². The molecule has 1 fully saturated rings. The molecule has 1 aliphatic carbocycles. The molecule has 4 heteroatoms. The van der Waals surface area contributed by atoms with Gasteiger partial charge in [-0.1, -0.05) is 13.8 Å². The third kappa shape index (κ3) is 3.23. The molecule has 1 amide bonds. The Morgan fingerprint density at radius 2 is 2.15 bits per heavy atom. The van der Waals surface area contributed by atoms with Crippen LogP contribution in [0.25, 0.3) is 0 Å². The van der Waals surface area contributed by atoms with Crippen LogP contribution >= 0.6 is 11.3 Å². The SMILES string of the molecule is CCc1sc(C(=O)NC2(CO)CCC(C)CC2)cc1C. The van der Waals surface area contributed by atoms with E-state index in [1.54, 1.807) is 11.3 Å². The standard InChI is InChI=1S/C16H25NO2S/c1-4-13-12(3)9-14(20-13)15(19)17-16(10-18)7-5-11(2)6-8-16/h9,11,18H,4-8,10H2,1-3H3,(H,17,19). The average Bonchev–Trinajstić information content (AvgIpc) is 2.83. The van der Waals surface area contributed by atoms with Gasteiger partial charge in [-0.25, -0.2) is 0 Å². The van der Waals surface area contributed by atoms with E-state index in [2.05, 4.69) is 26.1 Å². The molecule has 0 aromatic carbocycles. The van der Waals surface area contributed by atoms with Gasteiger partial charge in [-0.2, -0.15) is 0 Å². The lowest BCUT2D eigenvalue weighted by Crippen LogP contribution is -2.53. The fourth-order valence-corrected chi connectivity index (χ4v) is 3.93. The van der Waals surface area contributed by atoms with Crippen molar-refractivity contribution < 1.29 is 9.90 Å². The summed E-state index contributed by atoms with van der Waals surface area (Å²) in [4.78, 5) is 14.5. The van der Waals surface area contributed by atoms with Crippen molar-refractivity contribution in [1.29, 1.82) is 0 Å². The van der Waals surface area contributed by atoms with Crippen LogP contribution in [0, 0.1) is 12.8 Å². The van der Waals surface area contributed by atoms with Gasteiger partial charge in [0.05, 0.1) is 17.0 Å². The monoisotopic (exact) mass is 295 g/mol. The summed E-state index contributed by atoms with van der Waals surface area (Å²) in [7, 11) is 0. The molecule has 3 nitrogen and oxygen atoms in total. The van der Waals surface area contributed by atoms with Gasteiger partial charge >= 0.3 is 0 Å². The van der Waals surface area contributed by atoms with Crippen LogP contribution in [0.5, 0.6) is 0 Å². The van der Waals surface area contributed by atoms with Crippen LogP contribution in [-0.2, 0) is 6.42 Å². The number of rotatable bonds is 4. The van der Waals surface area contributed by atoms with Crippen molar-refractivity contribution in [2.24, 2.45) is 5.92 Å². The van der Waals surface area contributed by atoms with Crippen LogP contribution in [0.15, 0.2) is 6.07 Å². The molecule has 0 atom stereocenters. The predicted octanol–water partition coefficient (Wildman–Crippen LogP) is 3.29. The maximum absolute atomic E-state index is 12.4. The van der Waals surface area contributed by atoms with Gasteiger partial charge in [0.25, 0.3) is 5.91 Å². The smallest absolute Gasteiger partial charge is 0.261 e. The Morgan fingerprint density at radius 3 is 2.65 bits per heavy atom. The quantitative estimate of drug-likeness (QED) is 0.895. The zero-order chi connectivity index (χ0) is 14.8.